The first-order chi connectivity index (χ1) is 5.79. The van der Waals surface area contributed by atoms with Crippen molar-refractivity contribution in [2.75, 3.05) is 20.3 Å². The Hall–Kier alpha value is -0.650. The van der Waals surface area contributed by atoms with Crippen LogP contribution < -0.4 is 11.3 Å². The molecule has 70 valence electrons. The second-order valence-electron chi connectivity index (χ2n) is 2.80. The van der Waals surface area contributed by atoms with Gasteiger partial charge >= 0.3 is 0 Å². The highest BCUT2D eigenvalue weighted by Crippen LogP contribution is 2.20. The molecule has 0 aromatic heterocycles. The molecule has 1 saturated heterocycles. The lowest BCUT2D eigenvalue weighted by Gasteiger charge is -2.15. The highest BCUT2D eigenvalue weighted by atomic mass is 16.5. The Labute approximate surface area is 71.2 Å². The molecule has 0 radical (unpaired) electrons. The van der Waals surface area contributed by atoms with Gasteiger partial charge in [0.1, 0.15) is 6.10 Å². The Morgan fingerprint density at radius 3 is 3.17 bits per heavy atom. The third-order valence-electron chi connectivity index (χ3n) is 2.00. The average Bonchev–Trinajstić information content (AvgIpc) is 2.52. The number of carbonyl (C=O) groups is 1. The number of amides is 1. The minimum absolute atomic E-state index is 0.138. The van der Waals surface area contributed by atoms with Crippen LogP contribution in [-0.2, 0) is 14.3 Å². The number of nitrogens with two attached hydrogens (primary N) is 1. The molecule has 5 nitrogen and oxygen atoms in total. The summed E-state index contributed by atoms with van der Waals surface area (Å²) in [5.41, 5.74) is 2.08. The van der Waals surface area contributed by atoms with Gasteiger partial charge in [-0.2, -0.15) is 0 Å². The van der Waals surface area contributed by atoms with Crippen molar-refractivity contribution in [1.82, 2.24) is 5.43 Å². The van der Waals surface area contributed by atoms with Crippen molar-refractivity contribution < 1.29 is 14.3 Å². The van der Waals surface area contributed by atoms with Crippen molar-refractivity contribution in [2.45, 2.75) is 12.5 Å². The van der Waals surface area contributed by atoms with E-state index in [-0.39, 0.29) is 11.8 Å². The number of methoxy groups -OCH3 is 1. The molecule has 0 saturated carbocycles. The first kappa shape index (κ1) is 9.44. The molecule has 1 aliphatic rings. The van der Waals surface area contributed by atoms with Gasteiger partial charge in [0.15, 0.2) is 0 Å². The molecule has 2 atom stereocenters. The first-order valence-electron chi connectivity index (χ1n) is 3.90. The van der Waals surface area contributed by atoms with Crippen LogP contribution in [0.2, 0.25) is 0 Å². The Kier molecular flexibility index (Phi) is 3.46. The van der Waals surface area contributed by atoms with Crippen LogP contribution in [0.15, 0.2) is 0 Å². The number of ether oxygens (including phenoxy) is 2. The quantitative estimate of drug-likeness (QED) is 0.328. The van der Waals surface area contributed by atoms with Crippen molar-refractivity contribution >= 4 is 5.91 Å². The minimum atomic E-state index is -0.435. The highest BCUT2D eigenvalue weighted by Gasteiger charge is 2.33. The molecule has 3 N–H and O–H groups in total. The summed E-state index contributed by atoms with van der Waals surface area (Å²) in [7, 11) is 1.61. The van der Waals surface area contributed by atoms with Gasteiger partial charge in [-0.25, -0.2) is 5.84 Å². The molecular formula is C7H14N2O3. The molecule has 5 heteroatoms. The van der Waals surface area contributed by atoms with Crippen molar-refractivity contribution in [1.29, 1.82) is 0 Å². The summed E-state index contributed by atoms with van der Waals surface area (Å²) in [5.74, 6) is 4.86. The molecule has 0 bridgehead atoms. The van der Waals surface area contributed by atoms with Crippen molar-refractivity contribution in [3.8, 4) is 0 Å². The number of rotatable bonds is 3. The van der Waals surface area contributed by atoms with Gasteiger partial charge in [0.25, 0.3) is 5.91 Å². The Bertz CT molecular complexity index is 163. The van der Waals surface area contributed by atoms with Gasteiger partial charge in [-0.1, -0.05) is 0 Å². The van der Waals surface area contributed by atoms with E-state index in [2.05, 4.69) is 5.43 Å². The molecule has 12 heavy (non-hydrogen) atoms. The molecule has 0 aliphatic carbocycles. The van der Waals surface area contributed by atoms with Crippen LogP contribution in [0.5, 0.6) is 0 Å². The van der Waals surface area contributed by atoms with E-state index in [1.807, 2.05) is 0 Å². The molecule has 1 fully saturated rings. The fraction of sp³-hybridized carbons (Fsp3) is 0.857. The standard InChI is InChI=1S/C7H14N2O3/c1-11-4-5-2-3-12-6(5)7(10)9-8/h5-6H,2-4,8H2,1H3,(H,9,10). The average molecular weight is 174 g/mol. The normalized spacial score (nSPS) is 28.8. The van der Waals surface area contributed by atoms with Crippen LogP contribution in [0.4, 0.5) is 0 Å². The fourth-order valence-electron chi connectivity index (χ4n) is 1.39. The van der Waals surface area contributed by atoms with Gasteiger partial charge in [0.2, 0.25) is 0 Å². The maximum absolute atomic E-state index is 11.1. The second-order valence-corrected chi connectivity index (χ2v) is 2.80. The van der Waals surface area contributed by atoms with E-state index in [1.54, 1.807) is 7.11 Å². The van der Waals surface area contributed by atoms with Gasteiger partial charge in [-0.05, 0) is 6.42 Å². The highest BCUT2D eigenvalue weighted by molar-refractivity contribution is 5.80. The second kappa shape index (κ2) is 4.39. The van der Waals surface area contributed by atoms with Gasteiger partial charge in [0.05, 0.1) is 6.61 Å². The van der Waals surface area contributed by atoms with Gasteiger partial charge in [-0.3, -0.25) is 10.2 Å². The summed E-state index contributed by atoms with van der Waals surface area (Å²) in [6.07, 6.45) is 0.418. The monoisotopic (exact) mass is 174 g/mol. The van der Waals surface area contributed by atoms with E-state index in [0.717, 1.165) is 6.42 Å². The predicted octanol–water partition coefficient (Wildman–Crippen LogP) is -0.972. The summed E-state index contributed by atoms with van der Waals surface area (Å²) in [5, 5.41) is 0. The lowest BCUT2D eigenvalue weighted by Crippen LogP contribution is -2.42. The number of nitrogens with one attached hydrogen (secondary N) is 1. The van der Waals surface area contributed by atoms with E-state index in [0.29, 0.717) is 13.2 Å². The van der Waals surface area contributed by atoms with Crippen molar-refractivity contribution in [3.63, 3.8) is 0 Å². The Morgan fingerprint density at radius 1 is 1.83 bits per heavy atom. The Balaban J connectivity index is 2.45. The summed E-state index contributed by atoms with van der Waals surface area (Å²) >= 11 is 0. The topological polar surface area (TPSA) is 73.6 Å². The Morgan fingerprint density at radius 2 is 2.58 bits per heavy atom. The van der Waals surface area contributed by atoms with E-state index in [9.17, 15) is 4.79 Å². The van der Waals surface area contributed by atoms with E-state index < -0.39 is 6.10 Å². The zero-order valence-corrected chi connectivity index (χ0v) is 7.08. The molecule has 0 aromatic carbocycles. The SMILES string of the molecule is COCC1CCOC1C(=O)NN. The summed E-state index contributed by atoms with van der Waals surface area (Å²) < 4.78 is 10.1. The van der Waals surface area contributed by atoms with Crippen LogP contribution in [-0.4, -0.2) is 32.3 Å². The summed E-state index contributed by atoms with van der Waals surface area (Å²) in [4.78, 5) is 11.1. The van der Waals surface area contributed by atoms with Crippen LogP contribution >= 0.6 is 0 Å². The predicted molar refractivity (Wildman–Crippen MR) is 42.1 cm³/mol. The molecule has 1 amide bonds. The number of hydrogen-bond acceptors (Lipinski definition) is 4. The molecule has 1 aliphatic heterocycles. The number of hydrazine groups is 1. The van der Waals surface area contributed by atoms with E-state index in [1.165, 1.54) is 0 Å². The molecule has 1 heterocycles. The molecule has 0 aromatic rings. The number of carbonyl (C=O) groups excluding carboxylic acids is 1. The third kappa shape index (κ3) is 1.94. The molecule has 1 rings (SSSR count). The van der Waals surface area contributed by atoms with Gasteiger partial charge < -0.3 is 9.47 Å². The van der Waals surface area contributed by atoms with Crippen LogP contribution in [0.1, 0.15) is 6.42 Å². The van der Waals surface area contributed by atoms with Crippen LogP contribution in [0.25, 0.3) is 0 Å². The zero-order chi connectivity index (χ0) is 8.97. The largest absolute Gasteiger partial charge is 0.384 e. The van der Waals surface area contributed by atoms with E-state index >= 15 is 0 Å². The lowest BCUT2D eigenvalue weighted by atomic mass is 10.0. The van der Waals surface area contributed by atoms with Crippen LogP contribution in [0.3, 0.4) is 0 Å². The van der Waals surface area contributed by atoms with Crippen molar-refractivity contribution in [2.24, 2.45) is 11.8 Å². The minimum Gasteiger partial charge on any atom is -0.384 e. The lowest BCUT2D eigenvalue weighted by molar-refractivity contribution is -0.132. The summed E-state index contributed by atoms with van der Waals surface area (Å²) in [6.45, 7) is 1.14. The zero-order valence-electron chi connectivity index (χ0n) is 7.08. The fourth-order valence-corrected chi connectivity index (χ4v) is 1.39. The maximum atomic E-state index is 11.1. The molecular weight excluding hydrogens is 160 g/mol. The van der Waals surface area contributed by atoms with E-state index in [4.69, 9.17) is 15.3 Å². The van der Waals surface area contributed by atoms with Gasteiger partial charge in [0, 0.05) is 19.6 Å². The first-order valence-corrected chi connectivity index (χ1v) is 3.90. The maximum Gasteiger partial charge on any atom is 0.263 e. The molecule has 0 spiro atoms. The third-order valence-corrected chi connectivity index (χ3v) is 2.00. The molecule has 2 unspecified atom stereocenters. The van der Waals surface area contributed by atoms with Gasteiger partial charge in [-0.15, -0.1) is 0 Å². The van der Waals surface area contributed by atoms with Crippen LogP contribution in [0, 0.1) is 5.92 Å². The summed E-state index contributed by atoms with van der Waals surface area (Å²) in [6, 6.07) is 0. The smallest absolute Gasteiger partial charge is 0.263 e. The van der Waals surface area contributed by atoms with Crippen molar-refractivity contribution in [3.05, 3.63) is 0 Å². The number of hydrogen-bond donors (Lipinski definition) is 2.